The maximum absolute atomic E-state index is 4.73. The summed E-state index contributed by atoms with van der Waals surface area (Å²) in [5, 5.41) is 11.0. The summed E-state index contributed by atoms with van der Waals surface area (Å²) in [6, 6.07) is 18.8. The van der Waals surface area contributed by atoms with Crippen LogP contribution in [0.4, 0.5) is 16.6 Å². The lowest BCUT2D eigenvalue weighted by Gasteiger charge is -2.36. The molecule has 1 aliphatic rings. The van der Waals surface area contributed by atoms with E-state index in [1.165, 1.54) is 22.6 Å². The molecule has 5 aromatic rings. The standard InChI is InChI=1S/C25H24N8S/c1-2-4-18(5-3-1)17-32-10-12-33(13-11-32)20-8-9-26-23(14-20)31-25-30-22-7-6-21(29-24(22)34-25)19-15-27-28-16-19/h1-9,14-16H,10-13,17H2,(H,27,28)(H,26,30,31). The van der Waals surface area contributed by atoms with E-state index in [0.717, 1.165) is 65.3 Å². The largest absolute Gasteiger partial charge is 0.369 e. The van der Waals surface area contributed by atoms with Crippen molar-refractivity contribution in [2.45, 2.75) is 6.54 Å². The molecule has 2 N–H and O–H groups in total. The van der Waals surface area contributed by atoms with Gasteiger partial charge in [0.1, 0.15) is 16.2 Å². The van der Waals surface area contributed by atoms with Crippen LogP contribution in [-0.4, -0.2) is 56.2 Å². The molecule has 9 heteroatoms. The first-order valence-corrected chi connectivity index (χ1v) is 12.1. The maximum atomic E-state index is 4.73. The average molecular weight is 469 g/mol. The monoisotopic (exact) mass is 468 g/mol. The number of pyridine rings is 2. The minimum Gasteiger partial charge on any atom is -0.369 e. The smallest absolute Gasteiger partial charge is 0.190 e. The van der Waals surface area contributed by atoms with Crippen molar-refractivity contribution in [3.8, 4) is 11.3 Å². The number of aromatic nitrogens is 5. The van der Waals surface area contributed by atoms with Gasteiger partial charge in [-0.2, -0.15) is 5.10 Å². The predicted octanol–water partition coefficient (Wildman–Crippen LogP) is 4.54. The summed E-state index contributed by atoms with van der Waals surface area (Å²) in [7, 11) is 0. The molecule has 8 nitrogen and oxygen atoms in total. The van der Waals surface area contributed by atoms with E-state index < -0.39 is 0 Å². The molecule has 34 heavy (non-hydrogen) atoms. The lowest BCUT2D eigenvalue weighted by Crippen LogP contribution is -2.46. The number of nitrogens with one attached hydrogen (secondary N) is 2. The minimum atomic E-state index is 0.782. The van der Waals surface area contributed by atoms with Crippen LogP contribution in [-0.2, 0) is 6.54 Å². The Morgan fingerprint density at radius 2 is 1.85 bits per heavy atom. The molecule has 0 aliphatic carbocycles. The molecule has 1 aromatic carbocycles. The van der Waals surface area contributed by atoms with Gasteiger partial charge in [0.05, 0.1) is 11.9 Å². The molecular weight excluding hydrogens is 444 g/mol. The number of rotatable bonds is 6. The molecule has 0 bridgehead atoms. The molecular formula is C25H24N8S. The van der Waals surface area contributed by atoms with E-state index in [1.54, 1.807) is 6.20 Å². The Morgan fingerprint density at radius 3 is 2.68 bits per heavy atom. The fourth-order valence-corrected chi connectivity index (χ4v) is 5.07. The highest BCUT2D eigenvalue weighted by Gasteiger charge is 2.18. The number of nitrogens with zero attached hydrogens (tertiary/aromatic N) is 6. The van der Waals surface area contributed by atoms with E-state index in [0.29, 0.717) is 0 Å². The van der Waals surface area contributed by atoms with Gasteiger partial charge in [-0.25, -0.2) is 15.0 Å². The SMILES string of the molecule is c1ccc(CN2CCN(c3ccnc(Nc4nc5ccc(-c6cn[nH]c6)nc5s4)c3)CC2)cc1. The Kier molecular flexibility index (Phi) is 5.62. The summed E-state index contributed by atoms with van der Waals surface area (Å²) < 4.78 is 0. The normalized spacial score (nSPS) is 14.5. The molecule has 1 fully saturated rings. The van der Waals surface area contributed by atoms with Crippen molar-refractivity contribution in [3.05, 3.63) is 78.8 Å². The molecule has 0 amide bonds. The second-order valence-electron chi connectivity index (χ2n) is 8.30. The van der Waals surface area contributed by atoms with Crippen LogP contribution in [0.2, 0.25) is 0 Å². The van der Waals surface area contributed by atoms with Gasteiger partial charge < -0.3 is 10.2 Å². The first-order valence-electron chi connectivity index (χ1n) is 11.3. The van der Waals surface area contributed by atoms with Gasteiger partial charge in [-0.1, -0.05) is 41.7 Å². The van der Waals surface area contributed by atoms with E-state index in [9.17, 15) is 0 Å². The van der Waals surface area contributed by atoms with Crippen LogP contribution >= 0.6 is 11.3 Å². The fraction of sp³-hybridized carbons (Fsp3) is 0.200. The number of H-pyrrole nitrogens is 1. The van der Waals surface area contributed by atoms with Crippen LogP contribution in [0.3, 0.4) is 0 Å². The predicted molar refractivity (Wildman–Crippen MR) is 136 cm³/mol. The molecule has 0 radical (unpaired) electrons. The molecule has 5 heterocycles. The van der Waals surface area contributed by atoms with E-state index >= 15 is 0 Å². The number of aromatic amines is 1. The Bertz CT molecular complexity index is 1370. The number of hydrogen-bond donors (Lipinski definition) is 2. The summed E-state index contributed by atoms with van der Waals surface area (Å²) >= 11 is 1.52. The summed E-state index contributed by atoms with van der Waals surface area (Å²) in [5.74, 6) is 0.790. The maximum Gasteiger partial charge on any atom is 0.190 e. The Hall–Kier alpha value is -3.82. The topological polar surface area (TPSA) is 85.9 Å². The third-order valence-corrected chi connectivity index (χ3v) is 6.89. The van der Waals surface area contributed by atoms with Crippen LogP contribution in [0.5, 0.6) is 0 Å². The molecule has 170 valence electrons. The van der Waals surface area contributed by atoms with Gasteiger partial charge in [-0.05, 0) is 23.8 Å². The number of benzene rings is 1. The molecule has 0 atom stereocenters. The number of hydrogen-bond acceptors (Lipinski definition) is 8. The third kappa shape index (κ3) is 4.48. The van der Waals surface area contributed by atoms with E-state index in [-0.39, 0.29) is 0 Å². The van der Waals surface area contributed by atoms with Crippen molar-refractivity contribution in [1.82, 2.24) is 30.0 Å². The molecule has 0 unspecified atom stereocenters. The van der Waals surface area contributed by atoms with Gasteiger partial charge >= 0.3 is 0 Å². The van der Waals surface area contributed by atoms with Crippen LogP contribution in [0.25, 0.3) is 21.6 Å². The first kappa shape index (κ1) is 20.8. The van der Waals surface area contributed by atoms with Crippen molar-refractivity contribution in [3.63, 3.8) is 0 Å². The van der Waals surface area contributed by atoms with Gasteiger partial charge in [-0.15, -0.1) is 0 Å². The number of thiazole rings is 1. The van der Waals surface area contributed by atoms with E-state index in [1.807, 2.05) is 24.5 Å². The summed E-state index contributed by atoms with van der Waals surface area (Å²) in [4.78, 5) is 19.7. The number of piperazine rings is 1. The van der Waals surface area contributed by atoms with Crippen LogP contribution in [0.1, 0.15) is 5.56 Å². The zero-order chi connectivity index (χ0) is 22.7. The average Bonchev–Trinajstić information content (AvgIpc) is 3.55. The zero-order valence-corrected chi connectivity index (χ0v) is 19.4. The Morgan fingerprint density at radius 1 is 0.971 bits per heavy atom. The molecule has 0 saturated carbocycles. The minimum absolute atomic E-state index is 0.782. The summed E-state index contributed by atoms with van der Waals surface area (Å²) in [6.07, 6.45) is 5.47. The Balaban J connectivity index is 1.12. The highest BCUT2D eigenvalue weighted by atomic mass is 32.1. The van der Waals surface area contributed by atoms with Crippen LogP contribution in [0, 0.1) is 0 Å². The fourth-order valence-electron chi connectivity index (χ4n) is 4.22. The van der Waals surface area contributed by atoms with Crippen molar-refractivity contribution in [2.75, 3.05) is 36.4 Å². The second-order valence-corrected chi connectivity index (χ2v) is 9.28. The summed E-state index contributed by atoms with van der Waals surface area (Å²) in [5.41, 5.74) is 5.25. The van der Waals surface area contributed by atoms with Gasteiger partial charge in [0.15, 0.2) is 5.13 Å². The van der Waals surface area contributed by atoms with E-state index in [2.05, 4.69) is 77.7 Å². The van der Waals surface area contributed by atoms with Crippen molar-refractivity contribution in [2.24, 2.45) is 0 Å². The molecule has 6 rings (SSSR count). The highest BCUT2D eigenvalue weighted by molar-refractivity contribution is 7.21. The number of anilines is 3. The first-order chi connectivity index (χ1) is 16.8. The van der Waals surface area contributed by atoms with Gasteiger partial charge in [0, 0.05) is 62.4 Å². The van der Waals surface area contributed by atoms with Crippen LogP contribution in [0.15, 0.2) is 73.2 Å². The highest BCUT2D eigenvalue weighted by Crippen LogP contribution is 2.30. The van der Waals surface area contributed by atoms with Gasteiger partial charge in [-0.3, -0.25) is 10.00 Å². The lowest BCUT2D eigenvalue weighted by molar-refractivity contribution is 0.250. The quantitative estimate of drug-likeness (QED) is 0.378. The second kappa shape index (κ2) is 9.20. The van der Waals surface area contributed by atoms with Crippen molar-refractivity contribution < 1.29 is 0 Å². The Labute approximate surface area is 201 Å². The lowest BCUT2D eigenvalue weighted by atomic mass is 10.2. The molecule has 4 aromatic heterocycles. The molecule has 1 saturated heterocycles. The van der Waals surface area contributed by atoms with E-state index in [4.69, 9.17) is 4.98 Å². The van der Waals surface area contributed by atoms with Crippen molar-refractivity contribution >= 4 is 38.3 Å². The summed E-state index contributed by atoms with van der Waals surface area (Å²) in [6.45, 7) is 5.09. The third-order valence-electron chi connectivity index (χ3n) is 6.01. The van der Waals surface area contributed by atoms with Crippen molar-refractivity contribution in [1.29, 1.82) is 0 Å². The van der Waals surface area contributed by atoms with Crippen LogP contribution < -0.4 is 10.2 Å². The van der Waals surface area contributed by atoms with Gasteiger partial charge in [0.2, 0.25) is 0 Å². The zero-order valence-electron chi connectivity index (χ0n) is 18.6. The molecule has 1 aliphatic heterocycles. The number of fused-ring (bicyclic) bond motifs is 1. The molecule has 0 spiro atoms. The van der Waals surface area contributed by atoms with Gasteiger partial charge in [0.25, 0.3) is 0 Å².